The van der Waals surface area contributed by atoms with Crippen LogP contribution in [0.25, 0.3) is 0 Å². The highest BCUT2D eigenvalue weighted by atomic mass is 32.2. The lowest BCUT2D eigenvalue weighted by molar-refractivity contribution is 0.345. The van der Waals surface area contributed by atoms with Crippen LogP contribution in [0, 0.1) is 0 Å². The van der Waals surface area contributed by atoms with Crippen LogP contribution in [-0.4, -0.2) is 17.6 Å². The van der Waals surface area contributed by atoms with Gasteiger partial charge in [-0.15, -0.1) is 0 Å². The van der Waals surface area contributed by atoms with Gasteiger partial charge in [0.25, 0.3) is 0 Å². The van der Waals surface area contributed by atoms with E-state index in [0.717, 1.165) is 29.0 Å². The van der Waals surface area contributed by atoms with Crippen LogP contribution in [-0.2, 0) is 0 Å². The summed E-state index contributed by atoms with van der Waals surface area (Å²) in [5, 5.41) is 0.872. The van der Waals surface area contributed by atoms with Crippen LogP contribution < -0.4 is 10.5 Å². The summed E-state index contributed by atoms with van der Waals surface area (Å²) in [4.78, 5) is 0. The number of nitrogens with two attached hydrogens (primary N) is 1. The van der Waals surface area contributed by atoms with Gasteiger partial charge in [-0.05, 0) is 25.0 Å². The molecule has 0 spiro atoms. The zero-order valence-electron chi connectivity index (χ0n) is 9.52. The molecule has 2 N–H and O–H groups in total. The molecule has 1 saturated carbocycles. The first-order valence-corrected chi connectivity index (χ1v) is 7.00. The van der Waals surface area contributed by atoms with Crippen molar-refractivity contribution in [3.63, 3.8) is 0 Å². The van der Waals surface area contributed by atoms with Gasteiger partial charge in [-0.3, -0.25) is 0 Å². The number of anilines is 1. The third kappa shape index (κ3) is 3.34. The molecule has 0 atom stereocenters. The lowest BCUT2D eigenvalue weighted by atomic mass is 10.3. The van der Waals surface area contributed by atoms with Gasteiger partial charge < -0.3 is 10.5 Å². The maximum atomic E-state index is 5.79. The fourth-order valence-corrected chi connectivity index (χ4v) is 3.21. The summed E-state index contributed by atoms with van der Waals surface area (Å²) in [7, 11) is 0. The molecule has 1 aliphatic carbocycles. The van der Waals surface area contributed by atoms with Crippen LogP contribution in [0.2, 0.25) is 0 Å². The molecule has 2 rings (SSSR count). The number of rotatable bonds is 5. The maximum absolute atomic E-state index is 5.79. The Kier molecular flexibility index (Phi) is 4.40. The molecule has 1 aliphatic rings. The number of para-hydroxylation sites is 2. The third-order valence-electron chi connectivity index (χ3n) is 2.92. The standard InChI is InChI=1S/C13H19NOS/c14-12-7-3-4-8-13(12)15-9-10-16-11-5-1-2-6-11/h3-4,7-8,11H,1-2,5-6,9-10,14H2. The van der Waals surface area contributed by atoms with Gasteiger partial charge in [0.2, 0.25) is 0 Å². The maximum Gasteiger partial charge on any atom is 0.142 e. The molecule has 0 saturated heterocycles. The summed E-state index contributed by atoms with van der Waals surface area (Å²) in [6, 6.07) is 7.68. The van der Waals surface area contributed by atoms with Gasteiger partial charge in [0.05, 0.1) is 12.3 Å². The second kappa shape index (κ2) is 6.04. The Bertz CT molecular complexity index is 323. The van der Waals surface area contributed by atoms with E-state index in [1.165, 1.54) is 25.7 Å². The Labute approximate surface area is 102 Å². The van der Waals surface area contributed by atoms with E-state index in [1.807, 2.05) is 36.0 Å². The zero-order valence-corrected chi connectivity index (χ0v) is 10.3. The normalized spacial score (nSPS) is 16.5. The van der Waals surface area contributed by atoms with Crippen molar-refractivity contribution in [1.29, 1.82) is 0 Å². The van der Waals surface area contributed by atoms with Crippen molar-refractivity contribution in [1.82, 2.24) is 0 Å². The summed E-state index contributed by atoms with van der Waals surface area (Å²) in [6.45, 7) is 0.759. The second-order valence-electron chi connectivity index (χ2n) is 4.16. The molecule has 3 heteroatoms. The minimum Gasteiger partial charge on any atom is -0.491 e. The fraction of sp³-hybridized carbons (Fsp3) is 0.538. The molecule has 1 fully saturated rings. The highest BCUT2D eigenvalue weighted by Gasteiger charge is 2.14. The zero-order chi connectivity index (χ0) is 11.2. The van der Waals surface area contributed by atoms with Crippen molar-refractivity contribution in [3.05, 3.63) is 24.3 Å². The smallest absolute Gasteiger partial charge is 0.142 e. The molecule has 1 aromatic rings. The Hall–Kier alpha value is -0.830. The van der Waals surface area contributed by atoms with Gasteiger partial charge in [-0.1, -0.05) is 25.0 Å². The molecule has 1 aromatic carbocycles. The number of thioether (sulfide) groups is 1. The predicted molar refractivity (Wildman–Crippen MR) is 71.1 cm³/mol. The molecular weight excluding hydrogens is 218 g/mol. The average molecular weight is 237 g/mol. The van der Waals surface area contributed by atoms with Gasteiger partial charge in [0, 0.05) is 11.0 Å². The average Bonchev–Trinajstić information content (AvgIpc) is 2.79. The monoisotopic (exact) mass is 237 g/mol. The van der Waals surface area contributed by atoms with Crippen molar-refractivity contribution in [3.8, 4) is 5.75 Å². The lowest BCUT2D eigenvalue weighted by Gasteiger charge is -2.10. The molecule has 0 heterocycles. The minimum absolute atomic E-state index is 0.730. The van der Waals surface area contributed by atoms with E-state index < -0.39 is 0 Å². The summed E-state index contributed by atoms with van der Waals surface area (Å²) in [5.41, 5.74) is 6.52. The number of ether oxygens (including phenoxy) is 1. The van der Waals surface area contributed by atoms with Crippen LogP contribution in [0.1, 0.15) is 25.7 Å². The highest BCUT2D eigenvalue weighted by Crippen LogP contribution is 2.29. The van der Waals surface area contributed by atoms with Gasteiger partial charge in [-0.2, -0.15) is 11.8 Å². The summed E-state index contributed by atoms with van der Waals surface area (Å²) in [6.07, 6.45) is 5.59. The highest BCUT2D eigenvalue weighted by molar-refractivity contribution is 7.99. The van der Waals surface area contributed by atoms with Crippen LogP contribution in [0.3, 0.4) is 0 Å². The number of benzene rings is 1. The quantitative estimate of drug-likeness (QED) is 0.630. The number of hydrogen-bond acceptors (Lipinski definition) is 3. The van der Waals surface area contributed by atoms with E-state index in [-0.39, 0.29) is 0 Å². The molecule has 0 aromatic heterocycles. The molecule has 0 radical (unpaired) electrons. The first kappa shape index (κ1) is 11.6. The Morgan fingerprint density at radius 2 is 2.00 bits per heavy atom. The Balaban J connectivity index is 1.66. The van der Waals surface area contributed by atoms with E-state index in [4.69, 9.17) is 10.5 Å². The van der Waals surface area contributed by atoms with Crippen molar-refractivity contribution in [2.24, 2.45) is 0 Å². The molecule has 0 unspecified atom stereocenters. The van der Waals surface area contributed by atoms with Gasteiger partial charge >= 0.3 is 0 Å². The van der Waals surface area contributed by atoms with E-state index in [9.17, 15) is 0 Å². The van der Waals surface area contributed by atoms with Gasteiger partial charge in [0.1, 0.15) is 5.75 Å². The first-order chi connectivity index (χ1) is 7.86. The summed E-state index contributed by atoms with van der Waals surface area (Å²) >= 11 is 2.04. The van der Waals surface area contributed by atoms with Crippen LogP contribution >= 0.6 is 11.8 Å². The van der Waals surface area contributed by atoms with E-state index >= 15 is 0 Å². The molecule has 0 bridgehead atoms. The van der Waals surface area contributed by atoms with Crippen molar-refractivity contribution < 1.29 is 4.74 Å². The fourth-order valence-electron chi connectivity index (χ4n) is 2.03. The topological polar surface area (TPSA) is 35.2 Å². The molecule has 88 valence electrons. The SMILES string of the molecule is Nc1ccccc1OCCSC1CCCC1. The van der Waals surface area contributed by atoms with Crippen LogP contribution in [0.5, 0.6) is 5.75 Å². The van der Waals surface area contributed by atoms with E-state index in [0.29, 0.717) is 0 Å². The van der Waals surface area contributed by atoms with Crippen molar-refractivity contribution in [2.45, 2.75) is 30.9 Å². The van der Waals surface area contributed by atoms with Crippen molar-refractivity contribution >= 4 is 17.4 Å². The Morgan fingerprint density at radius 3 is 2.75 bits per heavy atom. The molecular formula is C13H19NOS. The third-order valence-corrected chi connectivity index (χ3v) is 4.26. The Morgan fingerprint density at radius 1 is 1.25 bits per heavy atom. The molecule has 0 amide bonds. The van der Waals surface area contributed by atoms with Crippen LogP contribution in [0.4, 0.5) is 5.69 Å². The summed E-state index contributed by atoms with van der Waals surface area (Å²) in [5.74, 6) is 1.88. The van der Waals surface area contributed by atoms with E-state index in [2.05, 4.69) is 0 Å². The molecule has 16 heavy (non-hydrogen) atoms. The predicted octanol–water partition coefficient (Wildman–Crippen LogP) is 3.32. The lowest BCUT2D eigenvalue weighted by Crippen LogP contribution is -2.05. The minimum atomic E-state index is 0.730. The molecule has 2 nitrogen and oxygen atoms in total. The first-order valence-electron chi connectivity index (χ1n) is 5.95. The largest absolute Gasteiger partial charge is 0.491 e. The molecule has 0 aliphatic heterocycles. The summed E-state index contributed by atoms with van der Waals surface area (Å²) < 4.78 is 5.65. The van der Waals surface area contributed by atoms with Gasteiger partial charge in [-0.25, -0.2) is 0 Å². The second-order valence-corrected chi connectivity index (χ2v) is 5.57. The van der Waals surface area contributed by atoms with Gasteiger partial charge in [0.15, 0.2) is 0 Å². The van der Waals surface area contributed by atoms with E-state index in [1.54, 1.807) is 0 Å². The van der Waals surface area contributed by atoms with Crippen molar-refractivity contribution in [2.75, 3.05) is 18.1 Å². The van der Waals surface area contributed by atoms with Crippen LogP contribution in [0.15, 0.2) is 24.3 Å². The number of hydrogen-bond donors (Lipinski definition) is 1. The number of nitrogen functional groups attached to an aromatic ring is 1.